The fraction of sp³-hybridized carbons (Fsp3) is 0.0667. The van der Waals surface area contributed by atoms with Crippen molar-refractivity contribution in [3.05, 3.63) is 405 Å². The largest absolute Gasteiger partial charge is 0.0725 e. The van der Waals surface area contributed by atoms with E-state index >= 15 is 0 Å². The molecule has 20 rings (SSSR count). The minimum atomic E-state index is -0.651. The zero-order valence-electron chi connectivity index (χ0n) is 49.6. The molecular weight excluding hydrogens is 1080 g/mol. The Kier molecular flexibility index (Phi) is 10.3. The second-order valence-electron chi connectivity index (χ2n) is 25.8. The van der Waals surface area contributed by atoms with Crippen LogP contribution in [0.25, 0.3) is 89.0 Å². The summed E-state index contributed by atoms with van der Waals surface area (Å²) >= 11 is 0. The standard InChI is InChI=1S/C90H58/c1-2-22-56(23-3-1)62-53-48-59-54-85-75(55-74(59)66-25-5-4-24-65(62)66)71-30-10-13-35-76(71)88(85,60-49-44-57(45-50-60)63-33-20-42-83-86(63)72-31-11-18-40-81(72)89(83)77-36-14-6-26-67(77)68-27-7-15-37-78(68)89)61-51-46-58(47-52-61)64-34-21-43-84-87(64)73-32-12-19-41-82(73)90(84)79-38-16-8-28-69(79)70-29-9-17-39-80(70)90/h1-47,49-52,54-55,62H,48,53H2/t62-/m1/s1. The normalized spacial score (nSPS) is 15.8. The first-order chi connectivity index (χ1) is 44.7. The number of hydrogen-bond donors (Lipinski definition) is 0. The average Bonchev–Trinajstić information content (AvgIpc) is 1.55. The Labute approximate surface area is 525 Å². The van der Waals surface area contributed by atoms with Gasteiger partial charge in [-0.2, -0.15) is 0 Å². The van der Waals surface area contributed by atoms with Crippen LogP contribution in [0.5, 0.6) is 0 Å². The lowest BCUT2D eigenvalue weighted by Gasteiger charge is -2.34. The predicted molar refractivity (Wildman–Crippen MR) is 369 cm³/mol. The van der Waals surface area contributed by atoms with Crippen LogP contribution in [0.1, 0.15) is 95.8 Å². The molecule has 0 saturated carbocycles. The minimum Gasteiger partial charge on any atom is -0.0622 e. The Morgan fingerprint density at radius 2 is 0.567 bits per heavy atom. The molecule has 0 bridgehead atoms. The average molecular weight is 1140 g/mol. The van der Waals surface area contributed by atoms with E-state index in [0.29, 0.717) is 5.92 Å². The number of hydrogen-bond acceptors (Lipinski definition) is 0. The highest BCUT2D eigenvalue weighted by atomic mass is 14.6. The van der Waals surface area contributed by atoms with E-state index in [-0.39, 0.29) is 0 Å². The summed E-state index contributed by atoms with van der Waals surface area (Å²) in [5, 5.41) is 0. The highest BCUT2D eigenvalue weighted by Gasteiger charge is 2.54. The van der Waals surface area contributed by atoms with E-state index in [0.717, 1.165) is 12.8 Å². The minimum absolute atomic E-state index is 0.292. The van der Waals surface area contributed by atoms with Crippen molar-refractivity contribution in [1.29, 1.82) is 0 Å². The number of aryl methyl sites for hydroxylation is 1. The first-order valence-electron chi connectivity index (χ1n) is 32.2. The molecule has 418 valence electrons. The lowest BCUT2D eigenvalue weighted by molar-refractivity contribution is 0.722. The lowest BCUT2D eigenvalue weighted by atomic mass is 9.67. The molecule has 0 N–H and O–H groups in total. The number of fused-ring (bicyclic) bond motifs is 26. The molecule has 1 atom stereocenters. The van der Waals surface area contributed by atoms with Gasteiger partial charge in [0.05, 0.1) is 16.2 Å². The van der Waals surface area contributed by atoms with Crippen molar-refractivity contribution in [2.45, 2.75) is 35.0 Å². The van der Waals surface area contributed by atoms with Gasteiger partial charge in [0, 0.05) is 5.92 Å². The topological polar surface area (TPSA) is 0 Å². The summed E-state index contributed by atoms with van der Waals surface area (Å²) in [6, 6.07) is 124. The monoisotopic (exact) mass is 1140 g/mol. The van der Waals surface area contributed by atoms with Crippen molar-refractivity contribution < 1.29 is 0 Å². The lowest BCUT2D eigenvalue weighted by Crippen LogP contribution is -2.28. The zero-order chi connectivity index (χ0) is 58.9. The summed E-state index contributed by atoms with van der Waals surface area (Å²) in [5.74, 6) is 0.292. The Hall–Kier alpha value is -10.9. The van der Waals surface area contributed by atoms with E-state index in [1.54, 1.807) is 0 Å². The van der Waals surface area contributed by atoms with Gasteiger partial charge in [0.1, 0.15) is 0 Å². The van der Waals surface area contributed by atoms with Gasteiger partial charge in [0.15, 0.2) is 0 Å². The molecule has 2 spiro atoms. The Balaban J connectivity index is 0.790. The van der Waals surface area contributed by atoms with Crippen LogP contribution in [0.3, 0.4) is 0 Å². The van der Waals surface area contributed by atoms with Gasteiger partial charge in [-0.3, -0.25) is 0 Å². The summed E-state index contributed by atoms with van der Waals surface area (Å²) in [4.78, 5) is 0. The fourth-order valence-electron chi connectivity index (χ4n) is 18.7. The van der Waals surface area contributed by atoms with Crippen LogP contribution in [0, 0.1) is 0 Å². The van der Waals surface area contributed by atoms with Crippen molar-refractivity contribution in [1.82, 2.24) is 0 Å². The second-order valence-corrected chi connectivity index (χ2v) is 25.8. The molecule has 0 radical (unpaired) electrons. The summed E-state index contributed by atoms with van der Waals surface area (Å²) in [6.07, 6.45) is 2.00. The van der Waals surface area contributed by atoms with Gasteiger partial charge in [-0.1, -0.05) is 315 Å². The van der Waals surface area contributed by atoms with Crippen LogP contribution < -0.4 is 0 Å². The van der Waals surface area contributed by atoms with Gasteiger partial charge in [-0.15, -0.1) is 0 Å². The molecule has 0 aliphatic heterocycles. The van der Waals surface area contributed by atoms with E-state index in [1.165, 1.54) is 172 Å². The second kappa shape index (κ2) is 18.6. The maximum absolute atomic E-state index is 2.64. The van der Waals surface area contributed by atoms with E-state index in [1.807, 2.05) is 0 Å². The zero-order valence-corrected chi connectivity index (χ0v) is 49.6. The van der Waals surface area contributed by atoms with Crippen LogP contribution in [-0.2, 0) is 22.7 Å². The molecule has 0 aromatic heterocycles. The van der Waals surface area contributed by atoms with Crippen molar-refractivity contribution in [2.24, 2.45) is 0 Å². The summed E-state index contributed by atoms with van der Waals surface area (Å²) in [6.45, 7) is 0. The molecule has 0 amide bonds. The SMILES string of the molecule is c1ccc([C@H]2CCc3cc4c(cc3-c3ccccc32)-c2ccccc2C4(c2ccc(-c3cccc4c3-c3ccccc3C43c4ccccc4-c4ccccc43)cc2)c2ccc(-c3cccc4c3-c3ccccc3C43c4ccccc4-c4ccccc43)cc2)cc1. The van der Waals surface area contributed by atoms with Crippen LogP contribution >= 0.6 is 0 Å². The highest BCUT2D eigenvalue weighted by Crippen LogP contribution is 2.67. The third kappa shape index (κ3) is 6.30. The first kappa shape index (κ1) is 50.1. The van der Waals surface area contributed by atoms with E-state index in [2.05, 4.69) is 322 Å². The maximum Gasteiger partial charge on any atom is 0.0725 e. The number of rotatable bonds is 5. The molecule has 0 fully saturated rings. The van der Waals surface area contributed by atoms with E-state index in [4.69, 9.17) is 0 Å². The molecule has 6 aliphatic carbocycles. The third-order valence-electron chi connectivity index (χ3n) is 22.1. The van der Waals surface area contributed by atoms with Gasteiger partial charge in [-0.05, 0) is 191 Å². The fourth-order valence-corrected chi connectivity index (χ4v) is 18.7. The first-order valence-corrected chi connectivity index (χ1v) is 32.2. The summed E-state index contributed by atoms with van der Waals surface area (Å²) < 4.78 is 0. The highest BCUT2D eigenvalue weighted by molar-refractivity contribution is 6.02. The van der Waals surface area contributed by atoms with E-state index in [9.17, 15) is 0 Å². The Morgan fingerprint density at radius 3 is 1.02 bits per heavy atom. The van der Waals surface area contributed by atoms with Crippen molar-refractivity contribution in [3.8, 4) is 89.0 Å². The molecule has 0 unspecified atom stereocenters. The Morgan fingerprint density at radius 1 is 0.222 bits per heavy atom. The summed E-state index contributed by atoms with van der Waals surface area (Å²) in [5.41, 5.74) is 39.6. The van der Waals surface area contributed by atoms with Gasteiger partial charge in [-0.25, -0.2) is 0 Å². The van der Waals surface area contributed by atoms with Crippen molar-refractivity contribution in [3.63, 3.8) is 0 Å². The molecule has 0 heterocycles. The van der Waals surface area contributed by atoms with Crippen LogP contribution in [-0.4, -0.2) is 0 Å². The number of benzene rings is 14. The molecule has 6 aliphatic rings. The Bertz CT molecular complexity index is 5040. The third-order valence-corrected chi connectivity index (χ3v) is 22.1. The molecule has 14 aromatic rings. The summed E-state index contributed by atoms with van der Waals surface area (Å²) in [7, 11) is 0. The molecular formula is C90H58. The molecule has 0 heteroatoms. The molecule has 0 nitrogen and oxygen atoms in total. The van der Waals surface area contributed by atoms with Gasteiger partial charge in [0.2, 0.25) is 0 Å². The maximum atomic E-state index is 2.64. The van der Waals surface area contributed by atoms with Gasteiger partial charge >= 0.3 is 0 Å². The smallest absolute Gasteiger partial charge is 0.0622 e. The molecule has 14 aromatic carbocycles. The van der Waals surface area contributed by atoms with Crippen molar-refractivity contribution >= 4 is 0 Å². The van der Waals surface area contributed by atoms with Gasteiger partial charge < -0.3 is 0 Å². The van der Waals surface area contributed by atoms with E-state index < -0.39 is 16.2 Å². The van der Waals surface area contributed by atoms with Gasteiger partial charge in [0.25, 0.3) is 0 Å². The van der Waals surface area contributed by atoms with Crippen LogP contribution in [0.2, 0.25) is 0 Å². The molecule has 0 saturated heterocycles. The predicted octanol–water partition coefficient (Wildman–Crippen LogP) is 21.8. The van der Waals surface area contributed by atoms with Crippen LogP contribution in [0.15, 0.2) is 322 Å². The van der Waals surface area contributed by atoms with Crippen molar-refractivity contribution in [2.75, 3.05) is 0 Å². The quantitative estimate of drug-likeness (QED) is 0.161. The van der Waals surface area contributed by atoms with Crippen LogP contribution in [0.4, 0.5) is 0 Å². The molecule has 90 heavy (non-hydrogen) atoms.